The third kappa shape index (κ3) is 3.24. The van der Waals surface area contributed by atoms with E-state index in [1.807, 2.05) is 31.2 Å². The van der Waals surface area contributed by atoms with E-state index in [0.29, 0.717) is 13.1 Å². The van der Waals surface area contributed by atoms with Crippen molar-refractivity contribution in [1.29, 1.82) is 0 Å². The number of benzene rings is 1. The van der Waals surface area contributed by atoms with Crippen LogP contribution >= 0.6 is 0 Å². The molecule has 0 saturated heterocycles. The number of urea groups is 1. The van der Waals surface area contributed by atoms with Gasteiger partial charge >= 0.3 is 6.03 Å². The number of anilines is 1. The minimum absolute atomic E-state index is 0.111. The summed E-state index contributed by atoms with van der Waals surface area (Å²) in [5.74, 6) is 0.926. The fraction of sp³-hybridized carbons (Fsp3) is 0.353. The summed E-state index contributed by atoms with van der Waals surface area (Å²) < 4.78 is 10.6. The van der Waals surface area contributed by atoms with E-state index < -0.39 is 0 Å². The molecule has 0 bridgehead atoms. The van der Waals surface area contributed by atoms with Gasteiger partial charge in [-0.05, 0) is 49.6 Å². The Bertz CT molecular complexity index is 637. The van der Waals surface area contributed by atoms with Gasteiger partial charge < -0.3 is 19.4 Å². The van der Waals surface area contributed by atoms with Gasteiger partial charge in [0.1, 0.15) is 5.75 Å². The van der Waals surface area contributed by atoms with E-state index in [2.05, 4.69) is 5.32 Å². The first-order chi connectivity index (χ1) is 10.8. The third-order valence-electron chi connectivity index (χ3n) is 3.78. The van der Waals surface area contributed by atoms with Crippen molar-refractivity contribution in [2.45, 2.75) is 26.3 Å². The molecule has 116 valence electrons. The monoisotopic (exact) mass is 300 g/mol. The van der Waals surface area contributed by atoms with Crippen molar-refractivity contribution in [3.05, 3.63) is 47.9 Å². The average molecular weight is 300 g/mol. The summed E-state index contributed by atoms with van der Waals surface area (Å²) in [6.07, 6.45) is 5.29. The maximum atomic E-state index is 12.4. The summed E-state index contributed by atoms with van der Waals surface area (Å²) in [6.45, 7) is 3.89. The van der Waals surface area contributed by atoms with Gasteiger partial charge in [0.2, 0.25) is 0 Å². The van der Waals surface area contributed by atoms with Gasteiger partial charge in [-0.3, -0.25) is 0 Å². The van der Waals surface area contributed by atoms with Gasteiger partial charge in [-0.2, -0.15) is 0 Å². The summed E-state index contributed by atoms with van der Waals surface area (Å²) in [4.78, 5) is 14.1. The van der Waals surface area contributed by atoms with Crippen molar-refractivity contribution in [1.82, 2.24) is 4.90 Å². The number of fused-ring (bicyclic) bond motifs is 1. The van der Waals surface area contributed by atoms with Crippen molar-refractivity contribution < 1.29 is 13.9 Å². The van der Waals surface area contributed by atoms with Crippen LogP contribution in [0, 0.1) is 0 Å². The fourth-order valence-corrected chi connectivity index (χ4v) is 2.57. The molecule has 3 rings (SSSR count). The molecule has 5 nitrogen and oxygen atoms in total. The highest BCUT2D eigenvalue weighted by molar-refractivity contribution is 5.89. The van der Waals surface area contributed by atoms with E-state index in [1.165, 1.54) is 0 Å². The zero-order valence-electron chi connectivity index (χ0n) is 12.7. The summed E-state index contributed by atoms with van der Waals surface area (Å²) in [6, 6.07) is 7.56. The lowest BCUT2D eigenvalue weighted by molar-refractivity contribution is 0.212. The molecule has 1 aliphatic heterocycles. The number of nitrogens with zero attached hydrogens (tertiary/aromatic N) is 1. The number of aryl methyl sites for hydroxylation is 1. The summed E-state index contributed by atoms with van der Waals surface area (Å²) in [7, 11) is 0. The Balaban J connectivity index is 1.67. The van der Waals surface area contributed by atoms with Gasteiger partial charge in [0.05, 0.1) is 25.7 Å². The molecule has 0 atom stereocenters. The zero-order valence-corrected chi connectivity index (χ0v) is 12.7. The van der Waals surface area contributed by atoms with Crippen molar-refractivity contribution in [2.24, 2.45) is 0 Å². The number of nitrogens with one attached hydrogen (secondary N) is 1. The molecule has 2 heterocycles. The minimum atomic E-state index is -0.111. The lowest BCUT2D eigenvalue weighted by Crippen LogP contribution is -2.34. The first-order valence-corrected chi connectivity index (χ1v) is 7.59. The lowest BCUT2D eigenvalue weighted by atomic mass is 10.1. The molecule has 1 aliphatic rings. The topological polar surface area (TPSA) is 54.7 Å². The Morgan fingerprint density at radius 1 is 1.36 bits per heavy atom. The number of hydrogen-bond acceptors (Lipinski definition) is 3. The molecule has 22 heavy (non-hydrogen) atoms. The molecule has 0 spiro atoms. The standard InChI is InChI=1S/C17H20N2O3/c1-2-19(11-13-7-9-21-12-13)17(20)18-15-5-6-16-14(10-15)4-3-8-22-16/h5-7,9-10,12H,2-4,8,11H2,1H3,(H,18,20). The molecule has 0 unspecified atom stereocenters. The molecule has 0 fully saturated rings. The first-order valence-electron chi connectivity index (χ1n) is 7.59. The van der Waals surface area contributed by atoms with Crippen molar-refractivity contribution in [2.75, 3.05) is 18.5 Å². The van der Waals surface area contributed by atoms with E-state index in [0.717, 1.165) is 42.0 Å². The zero-order chi connectivity index (χ0) is 15.4. The summed E-state index contributed by atoms with van der Waals surface area (Å²) in [5.41, 5.74) is 2.94. The predicted molar refractivity (Wildman–Crippen MR) is 84.1 cm³/mol. The molecule has 5 heteroatoms. The van der Waals surface area contributed by atoms with Gasteiger partial charge in [0, 0.05) is 17.8 Å². The van der Waals surface area contributed by atoms with Gasteiger partial charge in [0.25, 0.3) is 0 Å². The molecule has 1 aromatic heterocycles. The highest BCUT2D eigenvalue weighted by Gasteiger charge is 2.15. The van der Waals surface area contributed by atoms with Crippen LogP contribution in [-0.2, 0) is 13.0 Å². The maximum Gasteiger partial charge on any atom is 0.322 e. The fourth-order valence-electron chi connectivity index (χ4n) is 2.57. The summed E-state index contributed by atoms with van der Waals surface area (Å²) >= 11 is 0. The highest BCUT2D eigenvalue weighted by Crippen LogP contribution is 2.27. The molecule has 1 N–H and O–H groups in total. The van der Waals surface area contributed by atoms with Crippen LogP contribution in [0.4, 0.5) is 10.5 Å². The van der Waals surface area contributed by atoms with E-state index >= 15 is 0 Å². The number of carbonyl (C=O) groups excluding carboxylic acids is 1. The van der Waals surface area contributed by atoms with Crippen LogP contribution in [0.5, 0.6) is 5.75 Å². The molecule has 1 aromatic carbocycles. The van der Waals surface area contributed by atoms with Crippen LogP contribution in [-0.4, -0.2) is 24.1 Å². The van der Waals surface area contributed by atoms with Crippen molar-refractivity contribution in [3.63, 3.8) is 0 Å². The van der Waals surface area contributed by atoms with Crippen molar-refractivity contribution >= 4 is 11.7 Å². The SMILES string of the molecule is CCN(Cc1ccoc1)C(=O)Nc1ccc2c(c1)CCCO2. The Hall–Kier alpha value is -2.43. The number of carbonyl (C=O) groups is 1. The number of ether oxygens (including phenoxy) is 1. The maximum absolute atomic E-state index is 12.4. The van der Waals surface area contributed by atoms with E-state index in [9.17, 15) is 4.79 Å². The molecule has 2 amide bonds. The Labute approximate surface area is 129 Å². The quantitative estimate of drug-likeness (QED) is 0.937. The summed E-state index contributed by atoms with van der Waals surface area (Å²) in [5, 5.41) is 2.96. The number of rotatable bonds is 4. The molecule has 0 aliphatic carbocycles. The molecular formula is C17H20N2O3. The lowest BCUT2D eigenvalue weighted by Gasteiger charge is -2.22. The smallest absolute Gasteiger partial charge is 0.322 e. The number of furan rings is 1. The Morgan fingerprint density at radius 3 is 3.05 bits per heavy atom. The first kappa shape index (κ1) is 14.5. The highest BCUT2D eigenvalue weighted by atomic mass is 16.5. The largest absolute Gasteiger partial charge is 0.493 e. The van der Waals surface area contributed by atoms with Crippen LogP contribution in [0.25, 0.3) is 0 Å². The second-order valence-corrected chi connectivity index (χ2v) is 5.35. The molecule has 2 aromatic rings. The minimum Gasteiger partial charge on any atom is -0.493 e. The Morgan fingerprint density at radius 2 is 2.27 bits per heavy atom. The Kier molecular flexibility index (Phi) is 4.32. The van der Waals surface area contributed by atoms with Crippen LogP contribution in [0.1, 0.15) is 24.5 Å². The number of hydrogen-bond donors (Lipinski definition) is 1. The normalized spacial score (nSPS) is 13.1. The molecular weight excluding hydrogens is 280 g/mol. The second-order valence-electron chi connectivity index (χ2n) is 5.35. The van der Waals surface area contributed by atoms with Gasteiger partial charge in [0.15, 0.2) is 0 Å². The molecule has 0 radical (unpaired) electrons. The van der Waals surface area contributed by atoms with Gasteiger partial charge in [-0.25, -0.2) is 4.79 Å². The van der Waals surface area contributed by atoms with Crippen LogP contribution in [0.2, 0.25) is 0 Å². The van der Waals surface area contributed by atoms with Gasteiger partial charge in [-0.15, -0.1) is 0 Å². The number of amides is 2. The van der Waals surface area contributed by atoms with Crippen LogP contribution in [0.3, 0.4) is 0 Å². The van der Waals surface area contributed by atoms with Gasteiger partial charge in [-0.1, -0.05) is 0 Å². The van der Waals surface area contributed by atoms with E-state index in [-0.39, 0.29) is 6.03 Å². The predicted octanol–water partition coefficient (Wildman–Crippen LogP) is 3.66. The van der Waals surface area contributed by atoms with Crippen LogP contribution in [0.15, 0.2) is 41.2 Å². The third-order valence-corrected chi connectivity index (χ3v) is 3.78. The van der Waals surface area contributed by atoms with E-state index in [4.69, 9.17) is 9.15 Å². The average Bonchev–Trinajstić information content (AvgIpc) is 3.05. The van der Waals surface area contributed by atoms with Crippen LogP contribution < -0.4 is 10.1 Å². The van der Waals surface area contributed by atoms with E-state index in [1.54, 1.807) is 17.4 Å². The van der Waals surface area contributed by atoms with Crippen molar-refractivity contribution in [3.8, 4) is 5.75 Å². The molecule has 0 saturated carbocycles. The second kappa shape index (κ2) is 6.56.